The highest BCUT2D eigenvalue weighted by Gasteiger charge is 2.34. The summed E-state index contributed by atoms with van der Waals surface area (Å²) in [6.07, 6.45) is 0. The predicted octanol–water partition coefficient (Wildman–Crippen LogP) is 7.35. The molecule has 34 heavy (non-hydrogen) atoms. The summed E-state index contributed by atoms with van der Waals surface area (Å²) in [6.45, 7) is 1.10. The van der Waals surface area contributed by atoms with Crippen molar-refractivity contribution in [1.29, 1.82) is 0 Å². The average Bonchev–Trinajstić information content (AvgIpc) is 3.44. The fourth-order valence-electron chi connectivity index (χ4n) is 2.83. The number of carboxylic acid groups (broad SMARTS) is 2. The second-order valence-electron chi connectivity index (χ2n) is 6.69. The Bertz CT molecular complexity index is 1160. The molecule has 0 atom stereocenters. The number of carboxylic acids is 2. The molecule has 3 heterocycles. The van der Waals surface area contributed by atoms with E-state index in [-0.39, 0.29) is 11.1 Å². The predicted molar refractivity (Wildman–Crippen MR) is 142 cm³/mol. The Hall–Kier alpha value is -1.70. The number of aromatic carboxylic acids is 2. The lowest BCUT2D eigenvalue weighted by molar-refractivity contribution is 0.0686. The van der Waals surface area contributed by atoms with Crippen molar-refractivity contribution in [2.45, 2.75) is 9.79 Å². The third-order valence-electron chi connectivity index (χ3n) is 4.41. The van der Waals surface area contributed by atoms with Gasteiger partial charge in [0.15, 0.2) is 0 Å². The zero-order valence-corrected chi connectivity index (χ0v) is 21.9. The highest BCUT2D eigenvalue weighted by molar-refractivity contribution is 8.42. The molecular weight excluding hydrogens is 553 g/mol. The molecular formula is C22H14O6S6. The third kappa shape index (κ3) is 5.42. The Balaban J connectivity index is 1.39. The van der Waals surface area contributed by atoms with Crippen LogP contribution in [-0.4, -0.2) is 35.4 Å². The Morgan fingerprint density at radius 2 is 1.03 bits per heavy atom. The van der Waals surface area contributed by atoms with Gasteiger partial charge >= 0.3 is 11.9 Å². The van der Waals surface area contributed by atoms with Crippen LogP contribution in [0.3, 0.4) is 0 Å². The number of ether oxygens (including phenoxy) is 2. The van der Waals surface area contributed by atoms with Crippen LogP contribution < -0.4 is 0 Å². The summed E-state index contributed by atoms with van der Waals surface area (Å²) in [7, 11) is 0. The van der Waals surface area contributed by atoms with E-state index in [2.05, 4.69) is 0 Å². The first-order valence-electron chi connectivity index (χ1n) is 9.68. The maximum absolute atomic E-state index is 11.2. The van der Waals surface area contributed by atoms with E-state index in [4.69, 9.17) is 19.7 Å². The van der Waals surface area contributed by atoms with Crippen molar-refractivity contribution in [2.24, 2.45) is 0 Å². The lowest BCUT2D eigenvalue weighted by atomic mass is 10.2. The molecule has 2 aromatic carbocycles. The fourth-order valence-corrected chi connectivity index (χ4v) is 11.0. The van der Waals surface area contributed by atoms with Crippen molar-refractivity contribution < 1.29 is 29.3 Å². The molecule has 0 bridgehead atoms. The zero-order chi connectivity index (χ0) is 23.7. The van der Waals surface area contributed by atoms with E-state index in [1.54, 1.807) is 94.8 Å². The molecule has 2 aromatic rings. The molecule has 0 amide bonds. The van der Waals surface area contributed by atoms with Gasteiger partial charge < -0.3 is 19.7 Å². The highest BCUT2D eigenvalue weighted by atomic mass is 32.3. The molecule has 0 aromatic heterocycles. The topological polar surface area (TPSA) is 93.1 Å². The molecule has 12 heteroatoms. The van der Waals surface area contributed by atoms with Crippen molar-refractivity contribution >= 4 is 82.5 Å². The van der Waals surface area contributed by atoms with E-state index >= 15 is 0 Å². The van der Waals surface area contributed by atoms with Crippen molar-refractivity contribution in [3.8, 4) is 0 Å². The quantitative estimate of drug-likeness (QED) is 0.366. The number of benzene rings is 2. The Morgan fingerprint density at radius 1 is 0.647 bits per heavy atom. The standard InChI is InChI=1S/C22H14O6S6/c23-15(24)11-1-5-13(6-2-11)29-19-20(30-14-7-3-12(4-8-14)16(25)26)34-22(33-19)21-31-17-18(32-21)28-10-9-27-17/h1-8H,9-10H2,(H,23,24)(H,25,26). The van der Waals surface area contributed by atoms with E-state index in [1.165, 1.54) is 0 Å². The molecule has 0 aliphatic carbocycles. The minimum atomic E-state index is -0.953. The summed E-state index contributed by atoms with van der Waals surface area (Å²) in [5.41, 5.74) is 0.497. The van der Waals surface area contributed by atoms with E-state index in [9.17, 15) is 9.59 Å². The van der Waals surface area contributed by atoms with Crippen molar-refractivity contribution in [3.05, 3.63) is 86.8 Å². The number of carbonyl (C=O) groups is 2. The van der Waals surface area contributed by atoms with Crippen LogP contribution >= 0.6 is 70.6 Å². The zero-order valence-electron chi connectivity index (χ0n) is 17.0. The highest BCUT2D eigenvalue weighted by Crippen LogP contribution is 2.65. The number of thioether (sulfide) groups is 6. The van der Waals surface area contributed by atoms with Gasteiger partial charge in [0.1, 0.15) is 13.2 Å². The van der Waals surface area contributed by atoms with Crippen molar-refractivity contribution in [3.63, 3.8) is 0 Å². The molecule has 3 aliphatic rings. The summed E-state index contributed by atoms with van der Waals surface area (Å²) in [4.78, 5) is 24.2. The second kappa shape index (κ2) is 10.5. The van der Waals surface area contributed by atoms with Gasteiger partial charge in [0, 0.05) is 9.79 Å². The summed E-state index contributed by atoms with van der Waals surface area (Å²) in [5, 5.41) is 19.9. The summed E-state index contributed by atoms with van der Waals surface area (Å²) >= 11 is 9.65. The molecule has 0 saturated carbocycles. The Morgan fingerprint density at radius 3 is 1.41 bits per heavy atom. The maximum Gasteiger partial charge on any atom is 0.335 e. The number of hydrogen-bond acceptors (Lipinski definition) is 10. The largest absolute Gasteiger partial charge is 0.480 e. The first kappa shape index (κ1) is 24.0. The van der Waals surface area contributed by atoms with Gasteiger partial charge in [0.2, 0.25) is 10.2 Å². The van der Waals surface area contributed by atoms with Crippen LogP contribution in [0.5, 0.6) is 0 Å². The van der Waals surface area contributed by atoms with Gasteiger partial charge in [-0.15, -0.1) is 0 Å². The normalized spacial score (nSPS) is 17.5. The molecule has 2 N–H and O–H groups in total. The third-order valence-corrected chi connectivity index (χ3v) is 12.7. The molecule has 5 rings (SSSR count). The SMILES string of the molecule is O=C(O)c1ccc(SC2=C(Sc3ccc(C(=O)O)cc3)SC(=C3SC4=C(OCCO4)S3)S2)cc1. The lowest BCUT2D eigenvalue weighted by Crippen LogP contribution is -2.08. The van der Waals surface area contributed by atoms with Crippen LogP contribution in [0.4, 0.5) is 0 Å². The average molecular weight is 567 g/mol. The van der Waals surface area contributed by atoms with E-state index < -0.39 is 11.9 Å². The Labute approximate surface area is 220 Å². The molecule has 0 saturated heterocycles. The summed E-state index contributed by atoms with van der Waals surface area (Å²) in [5.74, 6) is -1.91. The molecule has 0 spiro atoms. The van der Waals surface area contributed by atoms with Crippen LogP contribution in [0, 0.1) is 0 Å². The number of rotatable bonds is 6. The fraction of sp³-hybridized carbons (Fsp3) is 0.0909. The summed E-state index contributed by atoms with van der Waals surface area (Å²) < 4.78 is 15.8. The molecule has 174 valence electrons. The lowest BCUT2D eigenvalue weighted by Gasteiger charge is -2.13. The van der Waals surface area contributed by atoms with Crippen molar-refractivity contribution in [2.75, 3.05) is 13.2 Å². The van der Waals surface area contributed by atoms with Gasteiger partial charge in [-0.3, -0.25) is 0 Å². The minimum absolute atomic E-state index is 0.248. The monoisotopic (exact) mass is 566 g/mol. The molecule has 0 unspecified atom stereocenters. The van der Waals surface area contributed by atoms with Gasteiger partial charge in [-0.25, -0.2) is 9.59 Å². The van der Waals surface area contributed by atoms with Gasteiger partial charge in [-0.05, 0) is 72.1 Å². The van der Waals surface area contributed by atoms with Crippen LogP contribution in [0.25, 0.3) is 0 Å². The van der Waals surface area contributed by atoms with Gasteiger partial charge in [0.25, 0.3) is 0 Å². The first-order chi connectivity index (χ1) is 16.5. The molecule has 6 nitrogen and oxygen atoms in total. The second-order valence-corrected chi connectivity index (χ2v) is 13.9. The van der Waals surface area contributed by atoms with Gasteiger partial charge in [-0.1, -0.05) is 47.0 Å². The van der Waals surface area contributed by atoms with Crippen LogP contribution in [0.15, 0.2) is 85.5 Å². The molecule has 0 radical (unpaired) electrons. The minimum Gasteiger partial charge on any atom is -0.480 e. The maximum atomic E-state index is 11.2. The van der Waals surface area contributed by atoms with Gasteiger partial charge in [-0.2, -0.15) is 0 Å². The number of hydrogen-bond donors (Lipinski definition) is 2. The smallest absolute Gasteiger partial charge is 0.335 e. The van der Waals surface area contributed by atoms with E-state index in [0.29, 0.717) is 13.2 Å². The van der Waals surface area contributed by atoms with Crippen LogP contribution in [0.1, 0.15) is 20.7 Å². The Kier molecular flexibility index (Phi) is 7.42. The summed E-state index contributed by atoms with van der Waals surface area (Å²) in [6, 6.07) is 13.6. The van der Waals surface area contributed by atoms with Crippen LogP contribution in [0.2, 0.25) is 0 Å². The van der Waals surface area contributed by atoms with Gasteiger partial charge in [0.05, 0.1) is 28.1 Å². The first-order valence-corrected chi connectivity index (χ1v) is 14.6. The van der Waals surface area contributed by atoms with E-state index in [0.717, 1.165) is 36.9 Å². The van der Waals surface area contributed by atoms with E-state index in [1.807, 2.05) is 24.3 Å². The molecule has 3 aliphatic heterocycles. The van der Waals surface area contributed by atoms with Crippen LogP contribution in [-0.2, 0) is 9.47 Å². The van der Waals surface area contributed by atoms with Crippen molar-refractivity contribution in [1.82, 2.24) is 0 Å². The molecule has 0 fully saturated rings.